The smallest absolute Gasteiger partial charge is 0.368 e. The summed E-state index contributed by atoms with van der Waals surface area (Å²) in [5, 5.41) is 12.9. The van der Waals surface area contributed by atoms with Crippen molar-refractivity contribution >= 4 is 11.3 Å². The third kappa shape index (κ3) is 3.26. The standard InChI is InChI=1S/C17H17N7O2S/c1-11-5-4-6-14(24-17(25)22(3)20-21-24)13(11)10-26-15-7-8-23(19-15)16-18-9-12(2)27-16/h4-9H,10H2,1-3H3. The zero-order valence-electron chi connectivity index (χ0n) is 15.0. The molecule has 0 aliphatic heterocycles. The zero-order chi connectivity index (χ0) is 19.0. The molecule has 0 fully saturated rings. The van der Waals surface area contributed by atoms with Gasteiger partial charge in [-0.2, -0.15) is 9.36 Å². The minimum atomic E-state index is -0.315. The average molecular weight is 383 g/mol. The van der Waals surface area contributed by atoms with E-state index in [4.69, 9.17) is 4.74 Å². The van der Waals surface area contributed by atoms with E-state index in [1.165, 1.54) is 9.36 Å². The van der Waals surface area contributed by atoms with Crippen LogP contribution in [-0.4, -0.2) is 34.6 Å². The number of thiazole rings is 1. The molecule has 138 valence electrons. The van der Waals surface area contributed by atoms with Gasteiger partial charge >= 0.3 is 5.69 Å². The summed E-state index contributed by atoms with van der Waals surface area (Å²) >= 11 is 1.55. The van der Waals surface area contributed by atoms with E-state index >= 15 is 0 Å². The molecule has 0 spiro atoms. The van der Waals surface area contributed by atoms with Crippen molar-refractivity contribution in [3.05, 3.63) is 63.1 Å². The number of aromatic nitrogens is 7. The van der Waals surface area contributed by atoms with Crippen molar-refractivity contribution in [2.75, 3.05) is 0 Å². The molecule has 4 rings (SSSR count). The van der Waals surface area contributed by atoms with Crippen molar-refractivity contribution in [1.29, 1.82) is 0 Å². The van der Waals surface area contributed by atoms with Crippen molar-refractivity contribution in [3.63, 3.8) is 0 Å². The van der Waals surface area contributed by atoms with Crippen LogP contribution in [0.4, 0.5) is 0 Å². The number of tetrazole rings is 1. The van der Waals surface area contributed by atoms with Gasteiger partial charge in [0, 0.05) is 35.9 Å². The van der Waals surface area contributed by atoms with Crippen LogP contribution in [0.5, 0.6) is 5.88 Å². The number of hydrogen-bond donors (Lipinski definition) is 0. The number of aryl methyl sites for hydroxylation is 3. The molecule has 0 bridgehead atoms. The fourth-order valence-corrected chi connectivity index (χ4v) is 3.32. The van der Waals surface area contributed by atoms with Crippen LogP contribution < -0.4 is 10.4 Å². The Balaban J connectivity index is 1.60. The van der Waals surface area contributed by atoms with E-state index in [0.29, 0.717) is 11.6 Å². The van der Waals surface area contributed by atoms with Crippen LogP contribution in [0.1, 0.15) is 16.0 Å². The van der Waals surface area contributed by atoms with E-state index in [1.807, 2.05) is 32.0 Å². The molecule has 10 heteroatoms. The summed E-state index contributed by atoms with van der Waals surface area (Å²) < 4.78 is 10.00. The summed E-state index contributed by atoms with van der Waals surface area (Å²) in [5.41, 5.74) is 2.16. The largest absolute Gasteiger partial charge is 0.472 e. The summed E-state index contributed by atoms with van der Waals surface area (Å²) in [4.78, 5) is 17.6. The SMILES string of the molecule is Cc1cnc(-n2ccc(OCc3c(C)cccc3-n3nnn(C)c3=O)n2)s1. The van der Waals surface area contributed by atoms with Crippen LogP contribution in [0.25, 0.3) is 10.8 Å². The van der Waals surface area contributed by atoms with Gasteiger partial charge in [0.05, 0.1) is 5.69 Å². The lowest BCUT2D eigenvalue weighted by molar-refractivity contribution is 0.290. The van der Waals surface area contributed by atoms with Crippen molar-refractivity contribution in [2.24, 2.45) is 7.05 Å². The summed E-state index contributed by atoms with van der Waals surface area (Å²) in [5.74, 6) is 0.476. The Kier molecular flexibility index (Phi) is 4.32. The van der Waals surface area contributed by atoms with Gasteiger partial charge in [-0.3, -0.25) is 0 Å². The maximum absolute atomic E-state index is 12.2. The second-order valence-electron chi connectivity index (χ2n) is 6.01. The Hall–Kier alpha value is -3.27. The summed E-state index contributed by atoms with van der Waals surface area (Å²) in [6.45, 7) is 4.20. The molecule has 9 nitrogen and oxygen atoms in total. The molecule has 0 saturated carbocycles. The highest BCUT2D eigenvalue weighted by Crippen LogP contribution is 2.21. The molecule has 0 aliphatic rings. The number of benzene rings is 1. The monoisotopic (exact) mass is 383 g/mol. The Morgan fingerprint density at radius 3 is 2.74 bits per heavy atom. The molecular weight excluding hydrogens is 366 g/mol. The van der Waals surface area contributed by atoms with Crippen LogP contribution >= 0.6 is 11.3 Å². The van der Waals surface area contributed by atoms with Crippen molar-refractivity contribution in [2.45, 2.75) is 20.5 Å². The highest BCUT2D eigenvalue weighted by molar-refractivity contribution is 7.13. The molecule has 0 unspecified atom stereocenters. The first-order valence-corrected chi connectivity index (χ1v) is 9.04. The van der Waals surface area contributed by atoms with Crippen LogP contribution in [0.2, 0.25) is 0 Å². The van der Waals surface area contributed by atoms with E-state index in [2.05, 4.69) is 20.5 Å². The first-order chi connectivity index (χ1) is 13.0. The molecule has 1 aromatic carbocycles. The molecule has 0 atom stereocenters. The molecule has 0 saturated heterocycles. The zero-order valence-corrected chi connectivity index (χ0v) is 15.8. The van der Waals surface area contributed by atoms with Gasteiger partial charge in [-0.1, -0.05) is 12.1 Å². The summed E-state index contributed by atoms with van der Waals surface area (Å²) in [7, 11) is 1.56. The van der Waals surface area contributed by atoms with Gasteiger partial charge in [0.15, 0.2) is 0 Å². The van der Waals surface area contributed by atoms with Gasteiger partial charge < -0.3 is 4.74 Å². The van der Waals surface area contributed by atoms with Gasteiger partial charge in [0.2, 0.25) is 11.0 Å². The summed E-state index contributed by atoms with van der Waals surface area (Å²) in [6, 6.07) is 7.43. The lowest BCUT2D eigenvalue weighted by Gasteiger charge is -2.11. The lowest BCUT2D eigenvalue weighted by atomic mass is 10.1. The second-order valence-corrected chi connectivity index (χ2v) is 7.22. The third-order valence-electron chi connectivity index (χ3n) is 4.07. The minimum absolute atomic E-state index is 0.249. The molecule has 3 heterocycles. The summed E-state index contributed by atoms with van der Waals surface area (Å²) in [6.07, 6.45) is 3.61. The molecule has 3 aromatic heterocycles. The molecule has 0 aliphatic carbocycles. The van der Waals surface area contributed by atoms with Crippen molar-refractivity contribution in [1.82, 2.24) is 34.6 Å². The normalized spacial score (nSPS) is 11.1. The van der Waals surface area contributed by atoms with Gasteiger partial charge in [-0.15, -0.1) is 16.4 Å². The first kappa shape index (κ1) is 17.2. The van der Waals surface area contributed by atoms with Gasteiger partial charge in [-0.25, -0.2) is 14.5 Å². The second kappa shape index (κ2) is 6.80. The minimum Gasteiger partial charge on any atom is -0.472 e. The Labute approximate surface area is 158 Å². The Morgan fingerprint density at radius 2 is 2.04 bits per heavy atom. The first-order valence-electron chi connectivity index (χ1n) is 8.22. The third-order valence-corrected chi connectivity index (χ3v) is 4.97. The molecule has 27 heavy (non-hydrogen) atoms. The predicted molar refractivity (Wildman–Crippen MR) is 99.6 cm³/mol. The average Bonchev–Trinajstić information content (AvgIpc) is 3.36. The number of hydrogen-bond acceptors (Lipinski definition) is 7. The van der Waals surface area contributed by atoms with Crippen molar-refractivity contribution in [3.8, 4) is 16.7 Å². The highest BCUT2D eigenvalue weighted by atomic mass is 32.1. The molecule has 0 amide bonds. The van der Waals surface area contributed by atoms with E-state index in [-0.39, 0.29) is 12.3 Å². The Bertz CT molecular complexity index is 1150. The molecule has 4 aromatic rings. The van der Waals surface area contributed by atoms with Gasteiger partial charge in [0.1, 0.15) is 6.61 Å². The van der Waals surface area contributed by atoms with Crippen LogP contribution in [0.3, 0.4) is 0 Å². The fraction of sp³-hybridized carbons (Fsp3) is 0.235. The van der Waals surface area contributed by atoms with E-state index in [9.17, 15) is 4.79 Å². The van der Waals surface area contributed by atoms with Gasteiger partial charge in [-0.05, 0) is 35.9 Å². The molecule has 0 N–H and O–H groups in total. The van der Waals surface area contributed by atoms with Crippen molar-refractivity contribution < 1.29 is 4.74 Å². The fourth-order valence-electron chi connectivity index (χ4n) is 2.62. The van der Waals surface area contributed by atoms with Crippen LogP contribution in [-0.2, 0) is 13.7 Å². The van der Waals surface area contributed by atoms with Gasteiger partial charge in [0.25, 0.3) is 0 Å². The van der Waals surface area contributed by atoms with E-state index in [0.717, 1.165) is 21.1 Å². The lowest BCUT2D eigenvalue weighted by Crippen LogP contribution is -2.23. The number of rotatable bonds is 5. The number of ether oxygens (including phenoxy) is 1. The molecular formula is C17H17N7O2S. The maximum Gasteiger partial charge on any atom is 0.368 e. The maximum atomic E-state index is 12.2. The van der Waals surface area contributed by atoms with Crippen LogP contribution in [0, 0.1) is 13.8 Å². The Morgan fingerprint density at radius 1 is 1.19 bits per heavy atom. The van der Waals surface area contributed by atoms with Crippen LogP contribution in [0.15, 0.2) is 41.5 Å². The van der Waals surface area contributed by atoms with E-state index < -0.39 is 0 Å². The molecule has 0 radical (unpaired) electrons. The quantitative estimate of drug-likeness (QED) is 0.522. The highest BCUT2D eigenvalue weighted by Gasteiger charge is 2.14. The topological polar surface area (TPSA) is 92.7 Å². The predicted octanol–water partition coefficient (Wildman–Crippen LogP) is 1.80. The number of nitrogens with zero attached hydrogens (tertiary/aromatic N) is 7. The van der Waals surface area contributed by atoms with E-state index in [1.54, 1.807) is 41.5 Å².